The van der Waals surface area contributed by atoms with Gasteiger partial charge < -0.3 is 0 Å². The summed E-state index contributed by atoms with van der Waals surface area (Å²) in [5, 5.41) is 0. The predicted octanol–water partition coefficient (Wildman–Crippen LogP) is 4.30. The Bertz CT molecular complexity index is 530. The van der Waals surface area contributed by atoms with Crippen LogP contribution >= 0.6 is 0 Å². The monoisotopic (exact) mass is 277 g/mol. The van der Waals surface area contributed by atoms with Crippen LogP contribution in [-0.4, -0.2) is 24.0 Å². The van der Waals surface area contributed by atoms with Gasteiger partial charge in [0.15, 0.2) is 0 Å². The Kier molecular flexibility index (Phi) is 3.52. The fourth-order valence-corrected chi connectivity index (χ4v) is 4.32. The fraction of sp³-hybridized carbons (Fsp3) is 0.400. The van der Waals surface area contributed by atoms with Gasteiger partial charge in [0.1, 0.15) is 0 Å². The van der Waals surface area contributed by atoms with E-state index in [1.54, 1.807) is 0 Å². The van der Waals surface area contributed by atoms with E-state index in [9.17, 15) is 0 Å². The van der Waals surface area contributed by atoms with Crippen LogP contribution in [-0.2, 0) is 0 Å². The Hall–Kier alpha value is -1.60. The number of piperidine rings is 3. The average Bonchev–Trinajstić information content (AvgIpc) is 2.58. The van der Waals surface area contributed by atoms with Crippen LogP contribution in [0, 0.1) is 5.92 Å². The van der Waals surface area contributed by atoms with Crippen LogP contribution in [0.3, 0.4) is 0 Å². The molecule has 3 saturated heterocycles. The molecule has 3 aliphatic rings. The van der Waals surface area contributed by atoms with Gasteiger partial charge >= 0.3 is 0 Å². The van der Waals surface area contributed by atoms with E-state index in [4.69, 9.17) is 0 Å². The first kappa shape index (κ1) is 13.1. The lowest BCUT2D eigenvalue weighted by Gasteiger charge is -2.48. The average molecular weight is 277 g/mol. The number of hydrogen-bond donors (Lipinski definition) is 0. The molecule has 3 aliphatic heterocycles. The summed E-state index contributed by atoms with van der Waals surface area (Å²) in [7, 11) is 0. The summed E-state index contributed by atoms with van der Waals surface area (Å²) in [4.78, 5) is 2.74. The van der Waals surface area contributed by atoms with Crippen LogP contribution in [0.2, 0.25) is 0 Å². The van der Waals surface area contributed by atoms with Gasteiger partial charge in [-0.2, -0.15) is 0 Å². The molecule has 0 spiro atoms. The van der Waals surface area contributed by atoms with Crippen molar-refractivity contribution in [3.63, 3.8) is 0 Å². The van der Waals surface area contributed by atoms with Crippen LogP contribution in [0.1, 0.15) is 36.3 Å². The largest absolute Gasteiger partial charge is 0.299 e. The second-order valence-electron chi connectivity index (χ2n) is 6.58. The summed E-state index contributed by atoms with van der Waals surface area (Å²) in [6.45, 7) is 2.59. The van der Waals surface area contributed by atoms with Crippen molar-refractivity contribution in [3.05, 3.63) is 71.8 Å². The van der Waals surface area contributed by atoms with Crippen molar-refractivity contribution < 1.29 is 0 Å². The van der Waals surface area contributed by atoms with Crippen molar-refractivity contribution in [2.24, 2.45) is 5.92 Å². The molecular weight excluding hydrogens is 254 g/mol. The van der Waals surface area contributed by atoms with Gasteiger partial charge in [0.25, 0.3) is 0 Å². The Morgan fingerprint density at radius 2 is 1.29 bits per heavy atom. The zero-order valence-corrected chi connectivity index (χ0v) is 12.5. The van der Waals surface area contributed by atoms with Crippen LogP contribution in [0.25, 0.3) is 0 Å². The minimum absolute atomic E-state index is 0.524. The van der Waals surface area contributed by atoms with E-state index in [0.29, 0.717) is 12.0 Å². The van der Waals surface area contributed by atoms with E-state index in [1.165, 1.54) is 43.5 Å². The zero-order valence-electron chi connectivity index (χ0n) is 12.5. The van der Waals surface area contributed by atoms with Crippen molar-refractivity contribution >= 4 is 0 Å². The van der Waals surface area contributed by atoms with E-state index in [2.05, 4.69) is 65.6 Å². The second-order valence-corrected chi connectivity index (χ2v) is 6.58. The molecule has 0 N–H and O–H groups in total. The summed E-state index contributed by atoms with van der Waals surface area (Å²) in [5.41, 5.74) is 2.95. The first-order valence-corrected chi connectivity index (χ1v) is 8.26. The van der Waals surface area contributed by atoms with Crippen LogP contribution < -0.4 is 0 Å². The lowest BCUT2D eigenvalue weighted by Crippen LogP contribution is -2.51. The van der Waals surface area contributed by atoms with E-state index in [0.717, 1.165) is 5.92 Å². The molecule has 0 radical (unpaired) electrons. The lowest BCUT2D eigenvalue weighted by molar-refractivity contribution is 0.0411. The number of benzene rings is 2. The van der Waals surface area contributed by atoms with Crippen molar-refractivity contribution in [1.82, 2.24) is 4.90 Å². The maximum absolute atomic E-state index is 2.74. The number of hydrogen-bond acceptors (Lipinski definition) is 1. The van der Waals surface area contributed by atoms with Crippen molar-refractivity contribution in [3.8, 4) is 0 Å². The maximum Gasteiger partial charge on any atom is 0.0245 e. The van der Waals surface area contributed by atoms with Crippen LogP contribution in [0.5, 0.6) is 0 Å². The highest BCUT2D eigenvalue weighted by atomic mass is 15.2. The Morgan fingerprint density at radius 3 is 1.71 bits per heavy atom. The minimum Gasteiger partial charge on any atom is -0.299 e. The molecule has 3 heterocycles. The van der Waals surface area contributed by atoms with Gasteiger partial charge in [-0.1, -0.05) is 60.7 Å². The van der Waals surface area contributed by atoms with E-state index >= 15 is 0 Å². The summed E-state index contributed by atoms with van der Waals surface area (Å²) in [6.07, 6.45) is 4.19. The Balaban J connectivity index is 1.74. The summed E-state index contributed by atoms with van der Waals surface area (Å²) in [5.74, 6) is 1.48. The van der Waals surface area contributed by atoms with Crippen molar-refractivity contribution in [2.45, 2.75) is 31.2 Å². The molecule has 1 heteroatoms. The van der Waals surface area contributed by atoms with Gasteiger partial charge in [0.2, 0.25) is 0 Å². The number of nitrogens with zero attached hydrogens (tertiary/aromatic N) is 1. The second kappa shape index (κ2) is 5.65. The lowest BCUT2D eigenvalue weighted by atomic mass is 9.74. The maximum atomic E-state index is 2.74. The van der Waals surface area contributed by atoms with Crippen LogP contribution in [0.15, 0.2) is 60.7 Å². The third-order valence-corrected chi connectivity index (χ3v) is 5.40. The van der Waals surface area contributed by atoms with Gasteiger partial charge in [-0.25, -0.2) is 0 Å². The van der Waals surface area contributed by atoms with E-state index < -0.39 is 0 Å². The fourth-order valence-electron chi connectivity index (χ4n) is 4.32. The first-order valence-electron chi connectivity index (χ1n) is 8.26. The van der Waals surface area contributed by atoms with Gasteiger partial charge in [-0.3, -0.25) is 4.90 Å². The molecule has 2 aromatic rings. The molecule has 2 bridgehead atoms. The molecular formula is C20H23N. The normalized spacial score (nSPS) is 28.0. The van der Waals surface area contributed by atoms with Gasteiger partial charge in [-0.15, -0.1) is 0 Å². The van der Waals surface area contributed by atoms with Gasteiger partial charge in [0, 0.05) is 12.0 Å². The molecule has 0 saturated carbocycles. The quantitative estimate of drug-likeness (QED) is 0.808. The van der Waals surface area contributed by atoms with E-state index in [-0.39, 0.29) is 0 Å². The van der Waals surface area contributed by atoms with E-state index in [1.807, 2.05) is 0 Å². The smallest absolute Gasteiger partial charge is 0.0245 e. The standard InChI is InChI=1S/C20H23N/c1-3-7-17(8-4-1)20(18-9-5-2-6-10-18)19-15-16-11-13-21(19)14-12-16/h1-10,16,19-20H,11-15H2/t19-/m0/s1. The molecule has 108 valence electrons. The van der Waals surface area contributed by atoms with Crippen molar-refractivity contribution in [1.29, 1.82) is 0 Å². The number of rotatable bonds is 3. The number of fused-ring (bicyclic) bond motifs is 3. The molecule has 1 nitrogen and oxygen atoms in total. The van der Waals surface area contributed by atoms with Crippen molar-refractivity contribution in [2.75, 3.05) is 13.1 Å². The molecule has 2 aromatic carbocycles. The molecule has 0 amide bonds. The topological polar surface area (TPSA) is 3.24 Å². The zero-order chi connectivity index (χ0) is 14.1. The highest BCUT2D eigenvalue weighted by Gasteiger charge is 2.38. The molecule has 0 unspecified atom stereocenters. The van der Waals surface area contributed by atoms with Crippen LogP contribution in [0.4, 0.5) is 0 Å². The molecule has 21 heavy (non-hydrogen) atoms. The third kappa shape index (κ3) is 2.51. The predicted molar refractivity (Wildman–Crippen MR) is 87.4 cm³/mol. The highest BCUT2D eigenvalue weighted by Crippen LogP contribution is 2.41. The molecule has 1 atom stereocenters. The Labute approximate surface area is 127 Å². The SMILES string of the molecule is c1ccc(C(c2ccccc2)[C@@H]2CC3CCN2CC3)cc1. The molecule has 3 fully saturated rings. The summed E-state index contributed by atoms with van der Waals surface area (Å²) >= 11 is 0. The summed E-state index contributed by atoms with van der Waals surface area (Å²) < 4.78 is 0. The molecule has 0 aromatic heterocycles. The molecule has 0 aliphatic carbocycles. The first-order chi connectivity index (χ1) is 10.4. The van der Waals surface area contributed by atoms with Gasteiger partial charge in [-0.05, 0) is 49.4 Å². The summed E-state index contributed by atoms with van der Waals surface area (Å²) in [6, 6.07) is 22.9. The van der Waals surface area contributed by atoms with Gasteiger partial charge in [0.05, 0.1) is 0 Å². The molecule has 5 rings (SSSR count). The minimum atomic E-state index is 0.524. The Morgan fingerprint density at radius 1 is 0.762 bits per heavy atom. The third-order valence-electron chi connectivity index (χ3n) is 5.40. The highest BCUT2D eigenvalue weighted by molar-refractivity contribution is 5.34.